The molecule has 2 aliphatic rings. The lowest BCUT2D eigenvalue weighted by Gasteiger charge is -2.33. The zero-order valence-corrected chi connectivity index (χ0v) is 27.3. The van der Waals surface area contributed by atoms with Gasteiger partial charge in [-0.2, -0.15) is 4.98 Å². The molecule has 1 amide bonds. The van der Waals surface area contributed by atoms with Gasteiger partial charge in [0.15, 0.2) is 5.78 Å². The van der Waals surface area contributed by atoms with Crippen LogP contribution in [-0.2, 0) is 4.79 Å². The molecule has 1 aromatic carbocycles. The minimum absolute atomic E-state index is 0.0532. The highest BCUT2D eigenvalue weighted by Crippen LogP contribution is 2.32. The van der Waals surface area contributed by atoms with Crippen LogP contribution in [0.15, 0.2) is 53.6 Å². The summed E-state index contributed by atoms with van der Waals surface area (Å²) in [5.74, 6) is 0.806. The topological polar surface area (TPSA) is 163 Å². The number of piperazine rings is 1. The predicted molar refractivity (Wildman–Crippen MR) is 181 cm³/mol. The van der Waals surface area contributed by atoms with E-state index in [2.05, 4.69) is 38.2 Å². The maximum absolute atomic E-state index is 13.4. The molecule has 0 radical (unpaired) electrons. The van der Waals surface area contributed by atoms with E-state index in [1.807, 2.05) is 43.5 Å². The van der Waals surface area contributed by atoms with E-state index in [9.17, 15) is 14.4 Å². The number of amides is 1. The number of Topliss-reactive ketones (excluding diaryl/α,β-unsaturated/α-hetero) is 1. The van der Waals surface area contributed by atoms with Gasteiger partial charge in [-0.1, -0.05) is 42.7 Å². The molecule has 1 saturated carbocycles. The van der Waals surface area contributed by atoms with Gasteiger partial charge in [-0.05, 0) is 58.4 Å². The molecule has 0 unspecified atom stereocenters. The third kappa shape index (κ3) is 8.83. The fourth-order valence-electron chi connectivity index (χ4n) is 5.78. The Labute approximate surface area is 273 Å². The summed E-state index contributed by atoms with van der Waals surface area (Å²) >= 11 is 0. The fourth-order valence-corrected chi connectivity index (χ4v) is 5.78. The highest BCUT2D eigenvalue weighted by atomic mass is 16.5. The number of aryl methyl sites for hydroxylation is 2. The third-order valence-electron chi connectivity index (χ3n) is 8.37. The van der Waals surface area contributed by atoms with Crippen LogP contribution in [0, 0.1) is 13.8 Å². The lowest BCUT2D eigenvalue weighted by Crippen LogP contribution is -2.44. The van der Waals surface area contributed by atoms with E-state index < -0.39 is 0 Å². The number of nitrogens with one attached hydrogen (secondary N) is 2. The zero-order valence-electron chi connectivity index (χ0n) is 27.3. The van der Waals surface area contributed by atoms with Crippen LogP contribution in [0.1, 0.15) is 70.5 Å². The molecule has 0 atom stereocenters. The van der Waals surface area contributed by atoms with Gasteiger partial charge in [0.05, 0.1) is 17.4 Å². The summed E-state index contributed by atoms with van der Waals surface area (Å²) in [5.41, 5.74) is 5.48. The van der Waals surface area contributed by atoms with E-state index in [0.717, 1.165) is 74.8 Å². The van der Waals surface area contributed by atoms with Gasteiger partial charge in [0, 0.05) is 49.4 Å². The molecular weight excluding hydrogens is 600 g/mol. The minimum atomic E-state index is -0.247. The number of carbonyl (C=O) groups excluding carboxylic acids is 3. The Kier molecular flexibility index (Phi) is 12.3. The number of aldehydes is 1. The van der Waals surface area contributed by atoms with Crippen molar-refractivity contribution in [2.45, 2.75) is 52.5 Å². The molecule has 1 saturated heterocycles. The Balaban J connectivity index is 0.000000323. The summed E-state index contributed by atoms with van der Waals surface area (Å²) < 4.78 is 1.73. The monoisotopic (exact) mass is 642 g/mol. The summed E-state index contributed by atoms with van der Waals surface area (Å²) in [4.78, 5) is 63.0. The van der Waals surface area contributed by atoms with Crippen LogP contribution in [-0.4, -0.2) is 81.3 Å². The molecule has 1 aliphatic carbocycles. The first-order valence-electron chi connectivity index (χ1n) is 15.6. The van der Waals surface area contributed by atoms with Crippen molar-refractivity contribution in [1.82, 2.24) is 29.9 Å². The largest absolute Gasteiger partial charge is 0.368 e. The predicted octanol–water partition coefficient (Wildman–Crippen LogP) is 4.24. The number of hydrogen-bond acceptors (Lipinski definition) is 11. The average Bonchev–Trinajstić information content (AvgIpc) is 3.61. The molecule has 1 aliphatic heterocycles. The highest BCUT2D eigenvalue weighted by Gasteiger charge is 2.26. The number of rotatable bonds is 7. The molecule has 4 heterocycles. The van der Waals surface area contributed by atoms with E-state index >= 15 is 0 Å². The Hall–Kier alpha value is -5.01. The van der Waals surface area contributed by atoms with Gasteiger partial charge in [-0.25, -0.2) is 15.4 Å². The first-order valence-corrected chi connectivity index (χ1v) is 15.6. The first-order chi connectivity index (χ1) is 22.7. The number of aromatic nitrogens is 4. The van der Waals surface area contributed by atoms with Crippen molar-refractivity contribution < 1.29 is 19.6 Å². The van der Waals surface area contributed by atoms with E-state index in [0.29, 0.717) is 23.0 Å². The molecule has 0 bridgehead atoms. The maximum atomic E-state index is 13.4. The molecule has 6 rings (SSSR count). The molecule has 3 N–H and O–H groups in total. The van der Waals surface area contributed by atoms with Crippen molar-refractivity contribution in [3.05, 3.63) is 81.4 Å². The molecule has 13 heteroatoms. The summed E-state index contributed by atoms with van der Waals surface area (Å²) in [5, 5.41) is 11.2. The highest BCUT2D eigenvalue weighted by molar-refractivity contribution is 5.99. The number of carbonyl (C=O) groups is 3. The normalized spacial score (nSPS) is 14.8. The lowest BCUT2D eigenvalue weighted by molar-refractivity contribution is -0.116. The maximum Gasteiger partial charge on any atom is 0.263 e. The fraction of sp³-hybridized carbons (Fsp3) is 0.382. The van der Waals surface area contributed by atoms with Crippen molar-refractivity contribution in [3.63, 3.8) is 0 Å². The molecule has 2 fully saturated rings. The van der Waals surface area contributed by atoms with E-state index in [1.165, 1.54) is 18.0 Å². The minimum Gasteiger partial charge on any atom is -0.368 e. The Morgan fingerprint density at radius 2 is 1.62 bits per heavy atom. The van der Waals surface area contributed by atoms with Crippen LogP contribution in [0.25, 0.3) is 11.0 Å². The van der Waals surface area contributed by atoms with Crippen LogP contribution in [0.3, 0.4) is 0 Å². The Morgan fingerprint density at radius 1 is 0.957 bits per heavy atom. The van der Waals surface area contributed by atoms with Crippen LogP contribution in [0.2, 0.25) is 0 Å². The number of benzene rings is 1. The molecule has 13 nitrogen and oxygen atoms in total. The second-order valence-electron chi connectivity index (χ2n) is 11.7. The molecule has 248 valence electrons. The quantitative estimate of drug-likeness (QED) is 0.114. The average molecular weight is 643 g/mol. The Morgan fingerprint density at radius 3 is 2.17 bits per heavy atom. The van der Waals surface area contributed by atoms with E-state index in [-0.39, 0.29) is 29.4 Å². The van der Waals surface area contributed by atoms with Crippen molar-refractivity contribution in [2.75, 3.05) is 43.4 Å². The number of hydrogen-bond donors (Lipinski definition) is 3. The first kappa shape index (κ1) is 34.9. The van der Waals surface area contributed by atoms with Crippen molar-refractivity contribution in [3.8, 4) is 0 Å². The van der Waals surface area contributed by atoms with Crippen LogP contribution in [0.5, 0.6) is 0 Å². The number of ketones is 1. The zero-order chi connectivity index (χ0) is 33.9. The number of likely N-dealkylation sites (N-methyl/N-ethyl adjacent to an activating group) is 1. The van der Waals surface area contributed by atoms with Gasteiger partial charge in [-0.15, -0.1) is 0 Å². The smallest absolute Gasteiger partial charge is 0.263 e. The number of nitrogens with zero attached hydrogens (tertiary/aromatic N) is 6. The standard InChI is InChI=1S/C25H31N7O2.C8H8O.CH3NO2/c1-16-20-15-27-25(28-21-9-8-19(14-26-21)31-12-10-30(3)11-13-31)29-23(20)32(18-6-4-5-7-18)24(34)22(16)17(2)33;1-7-2-4-8(6-9)5-3-7;3-1-2-4/h8-9,14-15,18H,4-7,10-13H2,1-3H3,(H,26,27,28,29);2-6H,1H3;1,4H,(H,2,3). The number of anilines is 3. The summed E-state index contributed by atoms with van der Waals surface area (Å²) in [6.07, 6.45) is 8.57. The van der Waals surface area contributed by atoms with Gasteiger partial charge < -0.3 is 15.1 Å². The van der Waals surface area contributed by atoms with Crippen molar-refractivity contribution >= 4 is 47.0 Å². The molecule has 47 heavy (non-hydrogen) atoms. The summed E-state index contributed by atoms with van der Waals surface area (Å²) in [6.45, 7) is 9.29. The summed E-state index contributed by atoms with van der Waals surface area (Å²) in [7, 11) is 2.14. The van der Waals surface area contributed by atoms with Gasteiger partial charge in [-0.3, -0.25) is 29.0 Å². The van der Waals surface area contributed by atoms with Crippen molar-refractivity contribution in [1.29, 1.82) is 0 Å². The van der Waals surface area contributed by atoms with Gasteiger partial charge in [0.25, 0.3) is 5.56 Å². The molecule has 4 aromatic rings. The third-order valence-corrected chi connectivity index (χ3v) is 8.37. The SMILES string of the molecule is CC(=O)c1c(C)c2cnc(Nc3ccc(N4CCN(C)CC4)cn3)nc2n(C2CCCC2)c1=O.Cc1ccc(C=O)cc1.O=CNO. The number of hydroxylamine groups is 1. The Bertz CT molecular complexity index is 1730. The second kappa shape index (κ2) is 16.5. The molecular formula is C34H42N8O5. The lowest BCUT2D eigenvalue weighted by atomic mass is 10.0. The molecule has 3 aromatic heterocycles. The summed E-state index contributed by atoms with van der Waals surface area (Å²) in [6, 6.07) is 11.5. The molecule has 0 spiro atoms. The van der Waals surface area contributed by atoms with Crippen molar-refractivity contribution in [2.24, 2.45) is 0 Å². The second-order valence-corrected chi connectivity index (χ2v) is 11.7. The van der Waals surface area contributed by atoms with Crippen LogP contribution < -0.4 is 21.3 Å². The van der Waals surface area contributed by atoms with E-state index in [4.69, 9.17) is 15.0 Å². The van der Waals surface area contributed by atoms with Crippen LogP contribution in [0.4, 0.5) is 17.5 Å². The van der Waals surface area contributed by atoms with E-state index in [1.54, 1.807) is 17.7 Å². The number of pyridine rings is 2. The number of fused-ring (bicyclic) bond motifs is 1. The van der Waals surface area contributed by atoms with Gasteiger partial charge in [0.1, 0.15) is 17.8 Å². The van der Waals surface area contributed by atoms with Crippen LogP contribution >= 0.6 is 0 Å². The van der Waals surface area contributed by atoms with Gasteiger partial charge >= 0.3 is 0 Å². The van der Waals surface area contributed by atoms with Gasteiger partial charge in [0.2, 0.25) is 12.4 Å².